The van der Waals surface area contributed by atoms with Crippen molar-refractivity contribution in [1.29, 1.82) is 0 Å². The van der Waals surface area contributed by atoms with Crippen LogP contribution in [0.25, 0.3) is 22.0 Å². The second-order valence-corrected chi connectivity index (χ2v) is 6.40. The molecule has 4 nitrogen and oxygen atoms in total. The van der Waals surface area contributed by atoms with Crippen molar-refractivity contribution in [3.05, 3.63) is 59.2 Å². The molecule has 0 saturated carbocycles. The molecule has 0 radical (unpaired) electrons. The van der Waals surface area contributed by atoms with Gasteiger partial charge in [0.25, 0.3) is 5.91 Å². The van der Waals surface area contributed by atoms with Crippen molar-refractivity contribution in [3.8, 4) is 11.1 Å². The molecule has 0 fully saturated rings. The van der Waals surface area contributed by atoms with Gasteiger partial charge in [-0.1, -0.05) is 41.9 Å². The van der Waals surface area contributed by atoms with Gasteiger partial charge in [0.05, 0.1) is 6.10 Å². The second kappa shape index (κ2) is 6.67. The quantitative estimate of drug-likeness (QED) is 0.754. The van der Waals surface area contributed by atoms with Gasteiger partial charge in [-0.25, -0.2) is 0 Å². The number of likely N-dealkylation sites (N-methyl/N-ethyl adjacent to an activating group) is 1. The number of benzene rings is 2. The maximum atomic E-state index is 12.9. The molecule has 3 aromatic rings. The highest BCUT2D eigenvalue weighted by atomic mass is 35.5. The van der Waals surface area contributed by atoms with Crippen LogP contribution in [0.5, 0.6) is 0 Å². The zero-order valence-electron chi connectivity index (χ0n) is 13.6. The average Bonchev–Trinajstić information content (AvgIpc) is 2.92. The molecule has 1 atom stereocenters. The number of aromatic amines is 1. The summed E-state index contributed by atoms with van der Waals surface area (Å²) < 4.78 is 0. The average molecular weight is 343 g/mol. The van der Waals surface area contributed by atoms with Crippen molar-refractivity contribution in [2.24, 2.45) is 0 Å². The molecule has 1 unspecified atom stereocenters. The Bertz CT molecular complexity index is 872. The van der Waals surface area contributed by atoms with E-state index in [4.69, 9.17) is 11.6 Å². The topological polar surface area (TPSA) is 56.3 Å². The minimum absolute atomic E-state index is 0.165. The number of hydrogen-bond donors (Lipinski definition) is 2. The van der Waals surface area contributed by atoms with Gasteiger partial charge in [-0.2, -0.15) is 0 Å². The number of aromatic nitrogens is 1. The summed E-state index contributed by atoms with van der Waals surface area (Å²) in [5, 5.41) is 11.1. The molecule has 3 rings (SSSR count). The SMILES string of the molecule is CC(O)CN(C)C(=O)c1[nH]c2ccc(Cl)cc2c1-c1ccccc1. The molecule has 0 bridgehead atoms. The summed E-state index contributed by atoms with van der Waals surface area (Å²) in [6.07, 6.45) is -0.585. The number of nitrogens with one attached hydrogen (secondary N) is 1. The number of aliphatic hydroxyl groups excluding tert-OH is 1. The van der Waals surface area contributed by atoms with Crippen molar-refractivity contribution in [2.45, 2.75) is 13.0 Å². The van der Waals surface area contributed by atoms with Crippen LogP contribution in [-0.2, 0) is 0 Å². The van der Waals surface area contributed by atoms with Crippen LogP contribution >= 0.6 is 11.6 Å². The van der Waals surface area contributed by atoms with Gasteiger partial charge in [0.15, 0.2) is 0 Å². The van der Waals surface area contributed by atoms with E-state index in [1.54, 1.807) is 20.0 Å². The van der Waals surface area contributed by atoms with Gasteiger partial charge >= 0.3 is 0 Å². The fourth-order valence-electron chi connectivity index (χ4n) is 2.90. The first-order chi connectivity index (χ1) is 11.5. The fraction of sp³-hybridized carbons (Fsp3) is 0.211. The van der Waals surface area contributed by atoms with E-state index in [0.717, 1.165) is 22.0 Å². The number of hydrogen-bond acceptors (Lipinski definition) is 2. The van der Waals surface area contributed by atoms with Gasteiger partial charge in [-0.3, -0.25) is 4.79 Å². The molecule has 2 aromatic carbocycles. The summed E-state index contributed by atoms with van der Waals surface area (Å²) in [6.45, 7) is 1.93. The molecule has 5 heteroatoms. The molecule has 0 aliphatic rings. The van der Waals surface area contributed by atoms with Crippen LogP contribution in [0.4, 0.5) is 0 Å². The molecule has 124 valence electrons. The zero-order valence-corrected chi connectivity index (χ0v) is 14.3. The Kier molecular flexibility index (Phi) is 4.60. The Morgan fingerprint density at radius 2 is 1.96 bits per heavy atom. The van der Waals surface area contributed by atoms with E-state index < -0.39 is 6.10 Å². The molecular formula is C19H19ClN2O2. The van der Waals surface area contributed by atoms with E-state index in [0.29, 0.717) is 10.7 Å². The Balaban J connectivity index is 2.19. The smallest absolute Gasteiger partial charge is 0.270 e. The van der Waals surface area contributed by atoms with Crippen molar-refractivity contribution in [1.82, 2.24) is 9.88 Å². The van der Waals surface area contributed by atoms with Gasteiger partial charge in [0.2, 0.25) is 0 Å². The standard InChI is InChI=1S/C19H19ClN2O2/c1-12(23)11-22(2)19(24)18-17(13-6-4-3-5-7-13)15-10-14(20)8-9-16(15)21-18/h3-10,12,21,23H,11H2,1-2H3. The Morgan fingerprint density at radius 3 is 2.62 bits per heavy atom. The maximum Gasteiger partial charge on any atom is 0.270 e. The normalized spacial score (nSPS) is 12.3. The van der Waals surface area contributed by atoms with Crippen molar-refractivity contribution in [2.75, 3.05) is 13.6 Å². The minimum atomic E-state index is -0.585. The molecule has 0 saturated heterocycles. The fourth-order valence-corrected chi connectivity index (χ4v) is 3.07. The number of amides is 1. The highest BCUT2D eigenvalue weighted by Crippen LogP contribution is 2.34. The van der Waals surface area contributed by atoms with Crippen LogP contribution in [0, 0.1) is 0 Å². The Morgan fingerprint density at radius 1 is 1.25 bits per heavy atom. The summed E-state index contributed by atoms with van der Waals surface area (Å²) in [5.74, 6) is -0.165. The third-order valence-corrected chi connectivity index (χ3v) is 4.16. The lowest BCUT2D eigenvalue weighted by Gasteiger charge is -2.19. The molecule has 1 amide bonds. The Hall–Kier alpha value is -2.30. The number of H-pyrrole nitrogens is 1. The van der Waals surface area contributed by atoms with Gasteiger partial charge in [0.1, 0.15) is 5.69 Å². The first kappa shape index (κ1) is 16.6. The number of rotatable bonds is 4. The van der Waals surface area contributed by atoms with E-state index in [-0.39, 0.29) is 12.5 Å². The first-order valence-corrected chi connectivity index (χ1v) is 8.15. The molecule has 1 heterocycles. The third kappa shape index (κ3) is 3.16. The van der Waals surface area contributed by atoms with Gasteiger partial charge in [-0.05, 0) is 30.7 Å². The molecule has 1 aromatic heterocycles. The summed E-state index contributed by atoms with van der Waals surface area (Å²) in [7, 11) is 1.68. The molecule has 24 heavy (non-hydrogen) atoms. The van der Waals surface area contributed by atoms with Crippen LogP contribution in [-0.4, -0.2) is 40.6 Å². The number of halogens is 1. The highest BCUT2D eigenvalue weighted by Gasteiger charge is 2.22. The van der Waals surface area contributed by atoms with E-state index >= 15 is 0 Å². The molecule has 0 aliphatic carbocycles. The number of fused-ring (bicyclic) bond motifs is 1. The number of aliphatic hydroxyl groups is 1. The molecule has 0 aliphatic heterocycles. The van der Waals surface area contributed by atoms with E-state index in [1.807, 2.05) is 42.5 Å². The number of carbonyl (C=O) groups excluding carboxylic acids is 1. The summed E-state index contributed by atoms with van der Waals surface area (Å²) in [5.41, 5.74) is 3.13. The van der Waals surface area contributed by atoms with Crippen molar-refractivity contribution < 1.29 is 9.90 Å². The molecule has 2 N–H and O–H groups in total. The zero-order chi connectivity index (χ0) is 17.3. The number of nitrogens with zero attached hydrogens (tertiary/aromatic N) is 1. The second-order valence-electron chi connectivity index (χ2n) is 5.97. The van der Waals surface area contributed by atoms with Crippen LogP contribution in [0.15, 0.2) is 48.5 Å². The highest BCUT2D eigenvalue weighted by molar-refractivity contribution is 6.31. The van der Waals surface area contributed by atoms with Crippen LogP contribution in [0.2, 0.25) is 5.02 Å². The summed E-state index contributed by atoms with van der Waals surface area (Å²) >= 11 is 6.16. The van der Waals surface area contributed by atoms with E-state index in [1.165, 1.54) is 4.90 Å². The molecule has 0 spiro atoms. The van der Waals surface area contributed by atoms with Crippen molar-refractivity contribution in [3.63, 3.8) is 0 Å². The summed E-state index contributed by atoms with van der Waals surface area (Å²) in [4.78, 5) is 17.6. The van der Waals surface area contributed by atoms with E-state index in [9.17, 15) is 9.90 Å². The first-order valence-electron chi connectivity index (χ1n) is 7.77. The lowest BCUT2D eigenvalue weighted by molar-refractivity contribution is 0.0700. The maximum absolute atomic E-state index is 12.9. The predicted molar refractivity (Wildman–Crippen MR) is 97.4 cm³/mol. The molecular weight excluding hydrogens is 324 g/mol. The van der Waals surface area contributed by atoms with Crippen molar-refractivity contribution >= 4 is 28.4 Å². The largest absolute Gasteiger partial charge is 0.392 e. The predicted octanol–water partition coefficient (Wildman–Crippen LogP) is 3.94. The third-order valence-electron chi connectivity index (χ3n) is 3.92. The monoisotopic (exact) mass is 342 g/mol. The van der Waals surface area contributed by atoms with Crippen LogP contribution in [0.3, 0.4) is 0 Å². The lowest BCUT2D eigenvalue weighted by atomic mass is 10.0. The van der Waals surface area contributed by atoms with Gasteiger partial charge in [0, 0.05) is 35.1 Å². The van der Waals surface area contributed by atoms with Gasteiger partial charge < -0.3 is 15.0 Å². The van der Waals surface area contributed by atoms with Crippen LogP contribution in [0.1, 0.15) is 17.4 Å². The van der Waals surface area contributed by atoms with Crippen LogP contribution < -0.4 is 0 Å². The van der Waals surface area contributed by atoms with Gasteiger partial charge in [-0.15, -0.1) is 0 Å². The lowest BCUT2D eigenvalue weighted by Crippen LogP contribution is -2.33. The summed E-state index contributed by atoms with van der Waals surface area (Å²) in [6, 6.07) is 15.3. The number of carbonyl (C=O) groups is 1. The minimum Gasteiger partial charge on any atom is -0.392 e. The van der Waals surface area contributed by atoms with E-state index in [2.05, 4.69) is 4.98 Å². The Labute approximate surface area is 145 Å².